The maximum atomic E-state index is 12.1. The molecule has 0 N–H and O–H groups in total. The summed E-state index contributed by atoms with van der Waals surface area (Å²) in [6.45, 7) is 6.82. The van der Waals surface area contributed by atoms with E-state index in [0.29, 0.717) is 24.5 Å². The number of hydrogen-bond donors (Lipinski definition) is 0. The average Bonchev–Trinajstić information content (AvgIpc) is 2.59. The first-order valence-electron chi connectivity index (χ1n) is 8.33. The van der Waals surface area contributed by atoms with E-state index in [1.807, 2.05) is 32.7 Å². The monoisotopic (exact) mass is 350 g/mol. The molecule has 0 spiro atoms. The smallest absolute Gasteiger partial charge is 0.410 e. The van der Waals surface area contributed by atoms with Gasteiger partial charge in [-0.15, -0.1) is 5.10 Å². The first-order chi connectivity index (χ1) is 11.7. The van der Waals surface area contributed by atoms with Gasteiger partial charge in [-0.05, 0) is 39.7 Å². The summed E-state index contributed by atoms with van der Waals surface area (Å²) in [7, 11) is 3.25. The lowest BCUT2D eigenvalue weighted by atomic mass is 10.0. The van der Waals surface area contributed by atoms with E-state index in [1.54, 1.807) is 11.0 Å². The molecule has 2 rings (SSSR count). The first kappa shape index (κ1) is 19.0. The number of esters is 1. The lowest BCUT2D eigenvalue weighted by Gasteiger charge is -2.37. The fourth-order valence-electron chi connectivity index (χ4n) is 2.71. The molecule has 25 heavy (non-hydrogen) atoms. The molecule has 0 unspecified atom stereocenters. The van der Waals surface area contributed by atoms with Crippen molar-refractivity contribution >= 4 is 17.9 Å². The van der Waals surface area contributed by atoms with Crippen molar-refractivity contribution in [2.45, 2.75) is 45.3 Å². The normalized spacial score (nSPS) is 15.6. The van der Waals surface area contributed by atoms with Gasteiger partial charge >= 0.3 is 12.1 Å². The number of nitrogens with zero attached hydrogens (tertiary/aromatic N) is 4. The fraction of sp³-hybridized carbons (Fsp3) is 0.647. The van der Waals surface area contributed by atoms with Gasteiger partial charge in [0.25, 0.3) is 0 Å². The number of hydrogen-bond acceptors (Lipinski definition) is 7. The molecule has 0 aliphatic carbocycles. The molecule has 1 aromatic rings. The van der Waals surface area contributed by atoms with E-state index in [0.717, 1.165) is 12.8 Å². The van der Waals surface area contributed by atoms with Crippen molar-refractivity contribution in [1.29, 1.82) is 0 Å². The van der Waals surface area contributed by atoms with E-state index in [-0.39, 0.29) is 12.1 Å². The molecular formula is C17H26N4O4. The van der Waals surface area contributed by atoms with Crippen LogP contribution in [-0.2, 0) is 9.47 Å². The molecule has 0 radical (unpaired) electrons. The van der Waals surface area contributed by atoms with Gasteiger partial charge in [0.2, 0.25) is 0 Å². The quantitative estimate of drug-likeness (QED) is 0.772. The number of anilines is 1. The molecular weight excluding hydrogens is 324 g/mol. The number of likely N-dealkylation sites (tertiary alicyclic amines) is 1. The van der Waals surface area contributed by atoms with Gasteiger partial charge in [0.05, 0.1) is 18.9 Å². The van der Waals surface area contributed by atoms with E-state index < -0.39 is 11.6 Å². The van der Waals surface area contributed by atoms with Crippen molar-refractivity contribution in [3.8, 4) is 0 Å². The van der Waals surface area contributed by atoms with Crippen LogP contribution in [0.15, 0.2) is 12.3 Å². The summed E-state index contributed by atoms with van der Waals surface area (Å²) in [6.07, 6.45) is 2.69. The molecule has 8 nitrogen and oxygen atoms in total. The molecule has 1 saturated heterocycles. The third-order valence-corrected chi connectivity index (χ3v) is 4.09. The van der Waals surface area contributed by atoms with Crippen LogP contribution in [0.2, 0.25) is 0 Å². The van der Waals surface area contributed by atoms with Gasteiger partial charge in [-0.2, -0.15) is 5.10 Å². The van der Waals surface area contributed by atoms with Gasteiger partial charge in [-0.1, -0.05) is 0 Å². The van der Waals surface area contributed by atoms with Crippen molar-refractivity contribution in [3.63, 3.8) is 0 Å². The van der Waals surface area contributed by atoms with Gasteiger partial charge in [0.1, 0.15) is 5.60 Å². The zero-order valence-electron chi connectivity index (χ0n) is 15.5. The standard InChI is InChI=1S/C17H26N4O4/c1-17(2,3)25-16(23)21-8-6-13(7-9-21)20(4)14-10-12(11-18-19-14)15(22)24-5/h10-11,13H,6-9H2,1-5H3. The summed E-state index contributed by atoms with van der Waals surface area (Å²) in [5, 5.41) is 7.97. The Morgan fingerprint density at radius 2 is 1.92 bits per heavy atom. The minimum Gasteiger partial charge on any atom is -0.465 e. The van der Waals surface area contributed by atoms with Crippen LogP contribution in [-0.4, -0.2) is 66.0 Å². The van der Waals surface area contributed by atoms with Crippen molar-refractivity contribution in [2.24, 2.45) is 0 Å². The zero-order chi connectivity index (χ0) is 18.6. The summed E-state index contributed by atoms with van der Waals surface area (Å²) in [5.41, 5.74) is -0.125. The van der Waals surface area contributed by atoms with E-state index >= 15 is 0 Å². The third-order valence-electron chi connectivity index (χ3n) is 4.09. The minimum absolute atomic E-state index is 0.209. The average molecular weight is 350 g/mol. The van der Waals surface area contributed by atoms with Crippen LogP contribution in [0.5, 0.6) is 0 Å². The predicted molar refractivity (Wildman–Crippen MR) is 92.6 cm³/mol. The number of piperidine rings is 1. The first-order valence-corrected chi connectivity index (χ1v) is 8.33. The number of aromatic nitrogens is 2. The Bertz CT molecular complexity index is 621. The molecule has 0 bridgehead atoms. The lowest BCUT2D eigenvalue weighted by Crippen LogP contribution is -2.47. The number of ether oxygens (including phenoxy) is 2. The van der Waals surface area contributed by atoms with Crippen molar-refractivity contribution < 1.29 is 19.1 Å². The summed E-state index contributed by atoms with van der Waals surface area (Å²) in [6, 6.07) is 1.87. The Morgan fingerprint density at radius 3 is 2.48 bits per heavy atom. The van der Waals surface area contributed by atoms with Crippen LogP contribution < -0.4 is 4.90 Å². The van der Waals surface area contributed by atoms with Crippen LogP contribution in [0.3, 0.4) is 0 Å². The third kappa shape index (κ3) is 5.04. The molecule has 0 aromatic carbocycles. The number of rotatable bonds is 3. The lowest BCUT2D eigenvalue weighted by molar-refractivity contribution is 0.0205. The molecule has 0 atom stereocenters. The minimum atomic E-state index is -0.491. The second-order valence-electron chi connectivity index (χ2n) is 7.10. The number of methoxy groups -OCH3 is 1. The van der Waals surface area contributed by atoms with Crippen LogP contribution in [0.4, 0.5) is 10.6 Å². The van der Waals surface area contributed by atoms with Gasteiger partial charge in [-0.25, -0.2) is 9.59 Å². The fourth-order valence-corrected chi connectivity index (χ4v) is 2.71. The van der Waals surface area contributed by atoms with E-state index in [2.05, 4.69) is 10.2 Å². The van der Waals surface area contributed by atoms with Gasteiger partial charge in [-0.3, -0.25) is 0 Å². The van der Waals surface area contributed by atoms with Crippen molar-refractivity contribution in [2.75, 3.05) is 32.1 Å². The molecule has 2 heterocycles. The number of carbonyl (C=O) groups is 2. The molecule has 8 heteroatoms. The molecule has 1 aliphatic rings. The largest absolute Gasteiger partial charge is 0.465 e. The Morgan fingerprint density at radius 1 is 1.28 bits per heavy atom. The highest BCUT2D eigenvalue weighted by Crippen LogP contribution is 2.22. The molecule has 1 aromatic heterocycles. The highest BCUT2D eigenvalue weighted by Gasteiger charge is 2.29. The van der Waals surface area contributed by atoms with E-state index in [4.69, 9.17) is 9.47 Å². The van der Waals surface area contributed by atoms with Crippen molar-refractivity contribution in [3.05, 3.63) is 17.8 Å². The van der Waals surface area contributed by atoms with E-state index in [1.165, 1.54) is 13.3 Å². The number of carbonyl (C=O) groups excluding carboxylic acids is 2. The van der Waals surface area contributed by atoms with Gasteiger partial charge in [0, 0.05) is 26.2 Å². The molecule has 1 fully saturated rings. The topological polar surface area (TPSA) is 84.9 Å². The molecule has 1 aliphatic heterocycles. The van der Waals surface area contributed by atoms with Crippen LogP contribution in [0.1, 0.15) is 44.0 Å². The Kier molecular flexibility index (Phi) is 5.81. The summed E-state index contributed by atoms with van der Waals surface area (Å²) in [4.78, 5) is 27.5. The molecule has 138 valence electrons. The maximum absolute atomic E-state index is 12.1. The maximum Gasteiger partial charge on any atom is 0.410 e. The van der Waals surface area contributed by atoms with Gasteiger partial charge < -0.3 is 19.3 Å². The van der Waals surface area contributed by atoms with Gasteiger partial charge in [0.15, 0.2) is 5.82 Å². The SMILES string of the molecule is COC(=O)c1cnnc(N(C)C2CCN(C(=O)OC(C)(C)C)CC2)c1. The summed E-state index contributed by atoms with van der Waals surface area (Å²) < 4.78 is 10.1. The predicted octanol–water partition coefficient (Wildman–Crippen LogP) is 2.10. The molecule has 1 amide bonds. The van der Waals surface area contributed by atoms with Crippen LogP contribution >= 0.6 is 0 Å². The van der Waals surface area contributed by atoms with Crippen molar-refractivity contribution in [1.82, 2.24) is 15.1 Å². The Labute approximate surface area is 148 Å². The second kappa shape index (κ2) is 7.67. The number of amides is 1. The van der Waals surface area contributed by atoms with E-state index in [9.17, 15) is 9.59 Å². The highest BCUT2D eigenvalue weighted by molar-refractivity contribution is 5.89. The zero-order valence-corrected chi connectivity index (χ0v) is 15.5. The highest BCUT2D eigenvalue weighted by atomic mass is 16.6. The Balaban J connectivity index is 1.96. The molecule has 0 saturated carbocycles. The Hall–Kier alpha value is -2.38. The van der Waals surface area contributed by atoms with Crippen LogP contribution in [0, 0.1) is 0 Å². The summed E-state index contributed by atoms with van der Waals surface area (Å²) in [5.74, 6) is 0.169. The summed E-state index contributed by atoms with van der Waals surface area (Å²) >= 11 is 0. The second-order valence-corrected chi connectivity index (χ2v) is 7.10. The van der Waals surface area contributed by atoms with Crippen LogP contribution in [0.25, 0.3) is 0 Å².